The van der Waals surface area contributed by atoms with Crippen LogP contribution in [0.5, 0.6) is 11.5 Å². The van der Waals surface area contributed by atoms with Crippen molar-refractivity contribution in [3.05, 3.63) is 83.5 Å². The van der Waals surface area contributed by atoms with Crippen molar-refractivity contribution in [1.82, 2.24) is 14.8 Å². The van der Waals surface area contributed by atoms with Crippen LogP contribution in [-0.4, -0.2) is 21.9 Å². The van der Waals surface area contributed by atoms with Crippen molar-refractivity contribution in [2.75, 3.05) is 7.11 Å². The standard InChI is InChI=1S/C25H27N3O3/c1-17(2)24-23(29-4)15-28(27-24)14-19-10-12-21(13-11-19)30-16-22-18(3)31-25(26-22)20-8-6-5-7-9-20/h5-13,15,17H,14,16H2,1-4H3. The molecule has 0 spiro atoms. The van der Waals surface area contributed by atoms with Crippen molar-refractivity contribution < 1.29 is 13.9 Å². The highest BCUT2D eigenvalue weighted by molar-refractivity contribution is 5.53. The highest BCUT2D eigenvalue weighted by atomic mass is 16.5. The Morgan fingerprint density at radius 2 is 1.77 bits per heavy atom. The van der Waals surface area contributed by atoms with Gasteiger partial charge in [-0.3, -0.25) is 4.68 Å². The van der Waals surface area contributed by atoms with Gasteiger partial charge >= 0.3 is 0 Å². The normalized spacial score (nSPS) is 11.1. The van der Waals surface area contributed by atoms with E-state index in [1.807, 2.05) is 72.4 Å². The number of ether oxygens (including phenoxy) is 2. The highest BCUT2D eigenvalue weighted by Crippen LogP contribution is 2.25. The molecule has 0 amide bonds. The van der Waals surface area contributed by atoms with E-state index in [9.17, 15) is 0 Å². The van der Waals surface area contributed by atoms with Crippen LogP contribution in [0.15, 0.2) is 65.2 Å². The molecule has 160 valence electrons. The van der Waals surface area contributed by atoms with Crippen LogP contribution < -0.4 is 9.47 Å². The lowest BCUT2D eigenvalue weighted by molar-refractivity contribution is 0.299. The Morgan fingerprint density at radius 3 is 2.42 bits per heavy atom. The van der Waals surface area contributed by atoms with Crippen molar-refractivity contribution in [2.24, 2.45) is 0 Å². The number of hydrogen-bond donors (Lipinski definition) is 0. The molecule has 0 aliphatic heterocycles. The van der Waals surface area contributed by atoms with E-state index in [1.165, 1.54) is 0 Å². The minimum atomic E-state index is 0.314. The summed E-state index contributed by atoms with van der Waals surface area (Å²) in [5, 5.41) is 4.65. The second kappa shape index (κ2) is 9.08. The zero-order chi connectivity index (χ0) is 21.8. The molecule has 31 heavy (non-hydrogen) atoms. The second-order valence-electron chi connectivity index (χ2n) is 7.76. The SMILES string of the molecule is COc1cn(Cc2ccc(OCc3nc(-c4ccccc4)oc3C)cc2)nc1C(C)C. The second-order valence-corrected chi connectivity index (χ2v) is 7.76. The first-order valence-electron chi connectivity index (χ1n) is 10.4. The van der Waals surface area contributed by atoms with Crippen LogP contribution in [0.25, 0.3) is 11.5 Å². The molecule has 0 saturated carbocycles. The van der Waals surface area contributed by atoms with E-state index >= 15 is 0 Å². The molecule has 6 nitrogen and oxygen atoms in total. The van der Waals surface area contributed by atoms with Gasteiger partial charge in [-0.1, -0.05) is 44.2 Å². The molecule has 0 atom stereocenters. The Hall–Kier alpha value is -3.54. The Morgan fingerprint density at radius 1 is 1.03 bits per heavy atom. The van der Waals surface area contributed by atoms with Gasteiger partial charge in [0.15, 0.2) is 5.75 Å². The van der Waals surface area contributed by atoms with Gasteiger partial charge in [0.1, 0.15) is 29.5 Å². The van der Waals surface area contributed by atoms with E-state index in [0.29, 0.717) is 25.0 Å². The van der Waals surface area contributed by atoms with E-state index in [4.69, 9.17) is 13.9 Å². The number of methoxy groups -OCH3 is 1. The molecule has 2 aromatic heterocycles. The highest BCUT2D eigenvalue weighted by Gasteiger charge is 2.14. The third-order valence-corrected chi connectivity index (χ3v) is 5.08. The largest absolute Gasteiger partial charge is 0.493 e. The molecule has 0 bridgehead atoms. The third kappa shape index (κ3) is 4.79. The molecule has 0 saturated heterocycles. The number of aryl methyl sites for hydroxylation is 1. The summed E-state index contributed by atoms with van der Waals surface area (Å²) in [5.74, 6) is 3.31. The topological polar surface area (TPSA) is 62.3 Å². The number of rotatable bonds is 8. The van der Waals surface area contributed by atoms with Gasteiger partial charge in [0, 0.05) is 11.5 Å². The first kappa shape index (κ1) is 20.7. The molecule has 0 fully saturated rings. The summed E-state index contributed by atoms with van der Waals surface area (Å²) >= 11 is 0. The van der Waals surface area contributed by atoms with E-state index in [0.717, 1.165) is 39.8 Å². The number of nitrogens with zero attached hydrogens (tertiary/aromatic N) is 3. The zero-order valence-electron chi connectivity index (χ0n) is 18.3. The molecule has 4 aromatic rings. The maximum absolute atomic E-state index is 5.93. The minimum Gasteiger partial charge on any atom is -0.493 e. The van der Waals surface area contributed by atoms with Gasteiger partial charge in [-0.15, -0.1) is 0 Å². The molecule has 0 N–H and O–H groups in total. The molecule has 0 radical (unpaired) electrons. The summed E-state index contributed by atoms with van der Waals surface area (Å²) in [4.78, 5) is 4.59. The number of benzene rings is 2. The quantitative estimate of drug-likeness (QED) is 0.373. The molecule has 0 unspecified atom stereocenters. The van der Waals surface area contributed by atoms with E-state index in [2.05, 4.69) is 23.9 Å². The predicted molar refractivity (Wildman–Crippen MR) is 119 cm³/mol. The smallest absolute Gasteiger partial charge is 0.226 e. The Bertz CT molecular complexity index is 1130. The summed E-state index contributed by atoms with van der Waals surface area (Å²) in [6.45, 7) is 7.16. The molecular formula is C25H27N3O3. The molecule has 2 aromatic carbocycles. The van der Waals surface area contributed by atoms with Crippen molar-refractivity contribution >= 4 is 0 Å². The summed E-state index contributed by atoms with van der Waals surface area (Å²) in [6.07, 6.45) is 1.94. The van der Waals surface area contributed by atoms with E-state index < -0.39 is 0 Å². The summed E-state index contributed by atoms with van der Waals surface area (Å²) in [5.41, 5.74) is 3.86. The molecule has 2 heterocycles. The van der Waals surface area contributed by atoms with Gasteiger partial charge < -0.3 is 13.9 Å². The Kier molecular flexibility index (Phi) is 6.07. The Balaban J connectivity index is 1.39. The van der Waals surface area contributed by atoms with Crippen LogP contribution in [0.2, 0.25) is 0 Å². The fourth-order valence-electron chi connectivity index (χ4n) is 3.35. The van der Waals surface area contributed by atoms with Crippen LogP contribution >= 0.6 is 0 Å². The fraction of sp³-hybridized carbons (Fsp3) is 0.280. The van der Waals surface area contributed by atoms with Gasteiger partial charge in [-0.05, 0) is 36.8 Å². The summed E-state index contributed by atoms with van der Waals surface area (Å²) in [7, 11) is 1.68. The van der Waals surface area contributed by atoms with Crippen molar-refractivity contribution in [3.8, 4) is 23.0 Å². The van der Waals surface area contributed by atoms with Crippen molar-refractivity contribution in [3.63, 3.8) is 0 Å². The Labute approximate surface area is 182 Å². The summed E-state index contributed by atoms with van der Waals surface area (Å²) in [6, 6.07) is 17.9. The van der Waals surface area contributed by atoms with Crippen LogP contribution in [0.4, 0.5) is 0 Å². The van der Waals surface area contributed by atoms with E-state index in [-0.39, 0.29) is 0 Å². The molecule has 4 rings (SSSR count). The van der Waals surface area contributed by atoms with Crippen LogP contribution in [-0.2, 0) is 13.2 Å². The summed E-state index contributed by atoms with van der Waals surface area (Å²) < 4.78 is 19.1. The lowest BCUT2D eigenvalue weighted by atomic mass is 10.1. The minimum absolute atomic E-state index is 0.314. The first-order valence-corrected chi connectivity index (χ1v) is 10.4. The van der Waals surface area contributed by atoms with E-state index in [1.54, 1.807) is 7.11 Å². The van der Waals surface area contributed by atoms with Gasteiger partial charge in [-0.2, -0.15) is 5.10 Å². The van der Waals surface area contributed by atoms with Gasteiger partial charge in [-0.25, -0.2) is 4.98 Å². The maximum atomic E-state index is 5.93. The zero-order valence-corrected chi connectivity index (χ0v) is 18.3. The fourth-order valence-corrected chi connectivity index (χ4v) is 3.35. The van der Waals surface area contributed by atoms with Gasteiger partial charge in [0.2, 0.25) is 5.89 Å². The first-order chi connectivity index (χ1) is 15.0. The van der Waals surface area contributed by atoms with Crippen LogP contribution in [0, 0.1) is 6.92 Å². The molecule has 6 heteroatoms. The van der Waals surface area contributed by atoms with Crippen molar-refractivity contribution in [1.29, 1.82) is 0 Å². The van der Waals surface area contributed by atoms with Crippen LogP contribution in [0.1, 0.15) is 42.5 Å². The maximum Gasteiger partial charge on any atom is 0.226 e. The van der Waals surface area contributed by atoms with Gasteiger partial charge in [0.25, 0.3) is 0 Å². The average molecular weight is 418 g/mol. The molecular weight excluding hydrogens is 390 g/mol. The average Bonchev–Trinajstić information content (AvgIpc) is 3.37. The van der Waals surface area contributed by atoms with Crippen molar-refractivity contribution in [2.45, 2.75) is 39.8 Å². The number of oxazole rings is 1. The third-order valence-electron chi connectivity index (χ3n) is 5.08. The van der Waals surface area contributed by atoms with Gasteiger partial charge in [0.05, 0.1) is 19.9 Å². The number of aromatic nitrogens is 3. The molecule has 0 aliphatic carbocycles. The monoisotopic (exact) mass is 417 g/mol. The number of hydrogen-bond acceptors (Lipinski definition) is 5. The lowest BCUT2D eigenvalue weighted by Gasteiger charge is -2.07. The van der Waals surface area contributed by atoms with Crippen LogP contribution in [0.3, 0.4) is 0 Å². The molecule has 0 aliphatic rings. The predicted octanol–water partition coefficient (Wildman–Crippen LogP) is 5.61. The lowest BCUT2D eigenvalue weighted by Crippen LogP contribution is -2.02.